The van der Waals surface area contributed by atoms with Crippen LogP contribution in [0.15, 0.2) is 12.1 Å². The molecule has 3 nitrogen and oxygen atoms in total. The molecule has 0 fully saturated rings. The number of hydrogen-bond donors (Lipinski definition) is 1. The summed E-state index contributed by atoms with van der Waals surface area (Å²) in [5, 5.41) is 9.03. The molecule has 0 heterocycles. The molecule has 0 aliphatic heterocycles. The van der Waals surface area contributed by atoms with Gasteiger partial charge in [0, 0.05) is 12.5 Å². The molecule has 1 aromatic rings. The first-order valence-electron chi connectivity index (χ1n) is 5.48. The first-order valence-corrected chi connectivity index (χ1v) is 5.48. The maximum absolute atomic E-state index is 13.5. The van der Waals surface area contributed by atoms with Crippen molar-refractivity contribution in [3.63, 3.8) is 0 Å². The number of ether oxygens (including phenoxy) is 1. The maximum Gasteiger partial charge on any atom is 0.310 e. The monoisotopic (exact) mass is 258 g/mol. The third-order valence-corrected chi connectivity index (χ3v) is 2.89. The molecule has 0 aliphatic rings. The minimum atomic E-state index is -3.08. The molecule has 0 amide bonds. The summed E-state index contributed by atoms with van der Waals surface area (Å²) >= 11 is 0. The van der Waals surface area contributed by atoms with E-state index in [1.165, 1.54) is 26.2 Å². The number of benzene rings is 1. The third kappa shape index (κ3) is 2.60. The Balaban J connectivity index is 3.54. The van der Waals surface area contributed by atoms with E-state index in [9.17, 15) is 13.6 Å². The van der Waals surface area contributed by atoms with Gasteiger partial charge in [-0.25, -0.2) is 8.78 Å². The van der Waals surface area contributed by atoms with Crippen LogP contribution < -0.4 is 4.74 Å². The van der Waals surface area contributed by atoms with Crippen molar-refractivity contribution in [1.82, 2.24) is 0 Å². The fourth-order valence-corrected chi connectivity index (χ4v) is 1.93. The lowest BCUT2D eigenvalue weighted by atomic mass is 9.91. The molecule has 0 saturated heterocycles. The second-order valence-electron chi connectivity index (χ2n) is 4.33. The van der Waals surface area contributed by atoms with Crippen LogP contribution in [0.25, 0.3) is 0 Å². The van der Waals surface area contributed by atoms with Crippen molar-refractivity contribution < 1.29 is 23.4 Å². The molecule has 0 radical (unpaired) electrons. The van der Waals surface area contributed by atoms with Crippen LogP contribution in [0.2, 0.25) is 0 Å². The minimum absolute atomic E-state index is 0.0441. The average Bonchev–Trinajstić information content (AvgIpc) is 2.25. The molecule has 1 N–H and O–H groups in total. The number of hydrogen-bond acceptors (Lipinski definition) is 2. The Morgan fingerprint density at radius 2 is 2.00 bits per heavy atom. The van der Waals surface area contributed by atoms with Crippen LogP contribution in [0, 0.1) is 6.92 Å². The van der Waals surface area contributed by atoms with Gasteiger partial charge in [0.15, 0.2) is 0 Å². The molecular formula is C13H16F2O3. The quantitative estimate of drug-likeness (QED) is 0.901. The number of halogens is 2. The van der Waals surface area contributed by atoms with E-state index in [0.717, 1.165) is 6.92 Å². The Kier molecular flexibility index (Phi) is 3.94. The number of aryl methyl sites for hydroxylation is 1. The summed E-state index contributed by atoms with van der Waals surface area (Å²) in [6, 6.07) is 2.76. The average molecular weight is 258 g/mol. The van der Waals surface area contributed by atoms with Crippen LogP contribution in [-0.4, -0.2) is 18.2 Å². The van der Waals surface area contributed by atoms with Gasteiger partial charge in [-0.15, -0.1) is 0 Å². The van der Waals surface area contributed by atoms with Crippen LogP contribution in [0.3, 0.4) is 0 Å². The highest BCUT2D eigenvalue weighted by Crippen LogP contribution is 2.40. The van der Waals surface area contributed by atoms with Gasteiger partial charge in [0.1, 0.15) is 5.75 Å². The van der Waals surface area contributed by atoms with Crippen molar-refractivity contribution in [1.29, 1.82) is 0 Å². The second-order valence-corrected chi connectivity index (χ2v) is 4.33. The van der Waals surface area contributed by atoms with Gasteiger partial charge in [-0.2, -0.15) is 0 Å². The van der Waals surface area contributed by atoms with Gasteiger partial charge in [-0.1, -0.05) is 6.07 Å². The predicted octanol–water partition coefficient (Wildman–Crippen LogP) is 3.30. The summed E-state index contributed by atoms with van der Waals surface area (Å²) in [7, 11) is 1.27. The van der Waals surface area contributed by atoms with E-state index in [2.05, 4.69) is 0 Å². The summed E-state index contributed by atoms with van der Waals surface area (Å²) in [5.41, 5.74) is 0.623. The molecule has 0 saturated carbocycles. The largest absolute Gasteiger partial charge is 0.496 e. The zero-order valence-electron chi connectivity index (χ0n) is 10.8. The second kappa shape index (κ2) is 4.92. The van der Waals surface area contributed by atoms with Gasteiger partial charge in [-0.3, -0.25) is 4.79 Å². The van der Waals surface area contributed by atoms with E-state index in [0.29, 0.717) is 11.1 Å². The molecule has 5 heteroatoms. The number of methoxy groups -OCH3 is 1. The Labute approximate surface area is 104 Å². The topological polar surface area (TPSA) is 46.5 Å². The van der Waals surface area contributed by atoms with Crippen molar-refractivity contribution in [3.05, 3.63) is 28.8 Å². The lowest BCUT2D eigenvalue weighted by Gasteiger charge is -2.21. The molecule has 0 bridgehead atoms. The number of aliphatic carboxylic acids is 1. The Morgan fingerprint density at radius 3 is 2.39 bits per heavy atom. The highest BCUT2D eigenvalue weighted by molar-refractivity contribution is 5.78. The van der Waals surface area contributed by atoms with Crippen molar-refractivity contribution in [3.8, 4) is 5.75 Å². The molecule has 0 spiro atoms. The summed E-state index contributed by atoms with van der Waals surface area (Å²) in [6.45, 7) is 3.88. The predicted molar refractivity (Wildman–Crippen MR) is 63.3 cm³/mol. The smallest absolute Gasteiger partial charge is 0.310 e. The third-order valence-electron chi connectivity index (χ3n) is 2.89. The van der Waals surface area contributed by atoms with Gasteiger partial charge in [0.05, 0.1) is 18.6 Å². The summed E-state index contributed by atoms with van der Waals surface area (Å²) in [6.07, 6.45) is 0. The number of alkyl halides is 2. The molecule has 1 rings (SSSR count). The SMILES string of the molecule is COc1c(C(C)(F)F)ccc(C)c1C(C)C(=O)O. The van der Waals surface area contributed by atoms with Crippen LogP contribution in [-0.2, 0) is 10.7 Å². The molecule has 1 unspecified atom stereocenters. The summed E-state index contributed by atoms with van der Waals surface area (Å²) in [4.78, 5) is 11.0. The maximum atomic E-state index is 13.5. The van der Waals surface area contributed by atoms with E-state index < -0.39 is 17.8 Å². The van der Waals surface area contributed by atoms with Gasteiger partial charge in [0.25, 0.3) is 5.92 Å². The molecular weight excluding hydrogens is 242 g/mol. The first-order chi connectivity index (χ1) is 8.20. The Hall–Kier alpha value is -1.65. The van der Waals surface area contributed by atoms with Crippen LogP contribution >= 0.6 is 0 Å². The first kappa shape index (κ1) is 14.4. The van der Waals surface area contributed by atoms with Crippen molar-refractivity contribution in [2.24, 2.45) is 0 Å². The van der Waals surface area contributed by atoms with E-state index in [-0.39, 0.29) is 11.3 Å². The van der Waals surface area contributed by atoms with Crippen molar-refractivity contribution in [2.45, 2.75) is 32.6 Å². The number of carbonyl (C=O) groups is 1. The molecule has 1 atom stereocenters. The van der Waals surface area contributed by atoms with Crippen molar-refractivity contribution >= 4 is 5.97 Å². The van der Waals surface area contributed by atoms with Gasteiger partial charge in [0.2, 0.25) is 0 Å². The van der Waals surface area contributed by atoms with Crippen LogP contribution in [0.5, 0.6) is 5.75 Å². The zero-order valence-corrected chi connectivity index (χ0v) is 10.8. The van der Waals surface area contributed by atoms with E-state index in [1.807, 2.05) is 0 Å². The molecule has 1 aromatic carbocycles. The Bertz CT molecular complexity index is 464. The molecule has 100 valence electrons. The Morgan fingerprint density at radius 1 is 1.44 bits per heavy atom. The normalized spacial score (nSPS) is 13.2. The minimum Gasteiger partial charge on any atom is -0.496 e. The summed E-state index contributed by atoms with van der Waals surface area (Å²) in [5.74, 6) is -5.10. The standard InChI is InChI=1S/C13H16F2O3/c1-7-5-6-9(13(3,14)15)11(18-4)10(7)8(2)12(16)17/h5-6,8H,1-4H3,(H,16,17). The molecule has 0 aliphatic carbocycles. The highest BCUT2D eigenvalue weighted by Gasteiger charge is 2.32. The molecule has 18 heavy (non-hydrogen) atoms. The number of rotatable bonds is 4. The molecule has 0 aromatic heterocycles. The highest BCUT2D eigenvalue weighted by atomic mass is 19.3. The lowest BCUT2D eigenvalue weighted by molar-refractivity contribution is -0.138. The van der Waals surface area contributed by atoms with Crippen molar-refractivity contribution in [2.75, 3.05) is 7.11 Å². The van der Waals surface area contributed by atoms with Crippen LogP contribution in [0.1, 0.15) is 36.5 Å². The van der Waals surface area contributed by atoms with Gasteiger partial charge >= 0.3 is 5.97 Å². The fraction of sp³-hybridized carbons (Fsp3) is 0.462. The van der Waals surface area contributed by atoms with Gasteiger partial charge < -0.3 is 9.84 Å². The van der Waals surface area contributed by atoms with Crippen LogP contribution in [0.4, 0.5) is 8.78 Å². The lowest BCUT2D eigenvalue weighted by Crippen LogP contribution is -2.15. The van der Waals surface area contributed by atoms with E-state index >= 15 is 0 Å². The zero-order chi connectivity index (χ0) is 14.1. The number of carboxylic acids is 1. The summed E-state index contributed by atoms with van der Waals surface area (Å²) < 4.78 is 31.9. The fourth-order valence-electron chi connectivity index (χ4n) is 1.93. The van der Waals surface area contributed by atoms with Gasteiger partial charge in [-0.05, 0) is 25.5 Å². The van der Waals surface area contributed by atoms with E-state index in [4.69, 9.17) is 9.84 Å². The number of carboxylic acid groups (broad SMARTS) is 1. The van der Waals surface area contributed by atoms with E-state index in [1.54, 1.807) is 6.92 Å².